The quantitative estimate of drug-likeness (QED) is 0.487. The molecule has 0 aliphatic rings. The van der Waals surface area contributed by atoms with Gasteiger partial charge in [0.05, 0.1) is 6.20 Å². The first-order chi connectivity index (χ1) is 5.43. The molecule has 0 spiro atoms. The van der Waals surface area contributed by atoms with Gasteiger partial charge in [0.2, 0.25) is 5.51 Å². The van der Waals surface area contributed by atoms with Crippen LogP contribution in [0.5, 0.6) is 0 Å². The molecule has 0 bridgehead atoms. The van der Waals surface area contributed by atoms with Crippen molar-refractivity contribution >= 4 is 10.5 Å². The lowest BCUT2D eigenvalue weighted by Crippen LogP contribution is -1.75. The first-order valence-corrected chi connectivity index (χ1v) is 5.84. The minimum Gasteiger partial charge on any atom is -0.208 e. The summed E-state index contributed by atoms with van der Waals surface area (Å²) in [6.45, 7) is 2.25. The van der Waals surface area contributed by atoms with Crippen LogP contribution < -0.4 is 0 Å². The van der Waals surface area contributed by atoms with Crippen LogP contribution in [0.15, 0.2) is 17.1 Å². The lowest BCUT2D eigenvalue weighted by Gasteiger charge is -1.91. The van der Waals surface area contributed by atoms with Gasteiger partial charge in [0, 0.05) is 0 Å². The average Bonchev–Trinajstić information content (AvgIpc) is 2.50. The van der Waals surface area contributed by atoms with Gasteiger partial charge in [0.15, 0.2) is 5.38 Å². The Morgan fingerprint density at radius 1 is 1.27 bits per heavy atom. The van der Waals surface area contributed by atoms with Crippen LogP contribution in [0, 0.1) is 0 Å². The molecule has 1 atom stereocenters. The Balaban J connectivity index is 2.04. The van der Waals surface area contributed by atoms with Gasteiger partial charge in [-0.15, -0.1) is 0 Å². The van der Waals surface area contributed by atoms with Gasteiger partial charge in [-0.1, -0.05) is 19.8 Å². The molecule has 2 heteroatoms. The smallest absolute Gasteiger partial charge is 0.208 e. The summed E-state index contributed by atoms with van der Waals surface area (Å²) in [5.41, 5.74) is 2.08. The Morgan fingerprint density at radius 2 is 2.18 bits per heavy atom. The number of hydrogen-bond donors (Lipinski definition) is 0. The standard InChI is InChI=1S/C9H16NS/c1-2-3-4-5-7-11-8-6-10-9-11/h6,8-9H,2-5,7H2,1H3/q+1. The van der Waals surface area contributed by atoms with Gasteiger partial charge in [0.1, 0.15) is 5.75 Å². The maximum absolute atomic E-state index is 4.07. The van der Waals surface area contributed by atoms with Crippen molar-refractivity contribution in [3.8, 4) is 0 Å². The summed E-state index contributed by atoms with van der Waals surface area (Å²) < 4.78 is 0. The molecule has 0 aromatic carbocycles. The van der Waals surface area contributed by atoms with Crippen molar-refractivity contribution < 1.29 is 0 Å². The lowest BCUT2D eigenvalue weighted by atomic mass is 10.2. The Bertz CT molecular complexity index is 170. The molecule has 0 aliphatic heterocycles. The van der Waals surface area contributed by atoms with E-state index in [0.29, 0.717) is 10.5 Å². The summed E-state index contributed by atoms with van der Waals surface area (Å²) in [5, 5.41) is 2.21. The largest absolute Gasteiger partial charge is 0.229 e. The number of unbranched alkanes of at least 4 members (excludes halogenated alkanes) is 3. The zero-order valence-electron chi connectivity index (χ0n) is 7.12. The van der Waals surface area contributed by atoms with Gasteiger partial charge in [0.25, 0.3) is 0 Å². The average molecular weight is 170 g/mol. The Kier molecular flexibility index (Phi) is 4.21. The molecule has 62 valence electrons. The molecule has 0 N–H and O–H groups in total. The molecule has 0 saturated carbocycles. The maximum atomic E-state index is 4.07. The van der Waals surface area contributed by atoms with Crippen LogP contribution in [0.4, 0.5) is 0 Å². The predicted molar refractivity (Wildman–Crippen MR) is 50.9 cm³/mol. The highest BCUT2D eigenvalue weighted by molar-refractivity contribution is 7.27. The lowest BCUT2D eigenvalue weighted by molar-refractivity contribution is 0.689. The number of hydrogen-bond acceptors (Lipinski definition) is 1. The second-order valence-corrected chi connectivity index (χ2v) is 4.60. The van der Waals surface area contributed by atoms with E-state index in [4.69, 9.17) is 0 Å². The fraction of sp³-hybridized carbons (Fsp3) is 0.667. The van der Waals surface area contributed by atoms with E-state index in [-0.39, 0.29) is 0 Å². The van der Waals surface area contributed by atoms with E-state index < -0.39 is 0 Å². The van der Waals surface area contributed by atoms with Crippen molar-refractivity contribution in [3.63, 3.8) is 0 Å². The Labute approximate surface area is 71.4 Å². The monoisotopic (exact) mass is 170 g/mol. The fourth-order valence-electron chi connectivity index (χ4n) is 1.08. The van der Waals surface area contributed by atoms with Gasteiger partial charge < -0.3 is 0 Å². The van der Waals surface area contributed by atoms with Crippen LogP contribution in [0.1, 0.15) is 32.6 Å². The zero-order valence-corrected chi connectivity index (χ0v) is 7.94. The van der Waals surface area contributed by atoms with Crippen molar-refractivity contribution in [2.45, 2.75) is 38.4 Å². The van der Waals surface area contributed by atoms with Crippen molar-refractivity contribution in [1.29, 1.82) is 0 Å². The van der Waals surface area contributed by atoms with Gasteiger partial charge in [-0.2, -0.15) is 0 Å². The molecule has 0 aliphatic carbocycles. The molecule has 0 radical (unpaired) electrons. The molecule has 0 amide bonds. The first kappa shape index (κ1) is 8.72. The number of nitrogens with zero attached hydrogens (tertiary/aromatic N) is 1. The number of aryl methyl sites for hydroxylation is 1. The number of rotatable bonds is 5. The molecule has 1 unspecified atom stereocenters. The molecular formula is C9H16NS+. The van der Waals surface area contributed by atoms with Crippen LogP contribution in [0.3, 0.4) is 0 Å². The summed E-state index contributed by atoms with van der Waals surface area (Å²) in [5.74, 6) is 1.32. The summed E-state index contributed by atoms with van der Waals surface area (Å²) in [6, 6.07) is 0. The third kappa shape index (κ3) is 3.51. The van der Waals surface area contributed by atoms with Gasteiger partial charge in [-0.3, -0.25) is 0 Å². The topological polar surface area (TPSA) is 12.9 Å². The third-order valence-corrected chi connectivity index (χ3v) is 3.38. The zero-order chi connectivity index (χ0) is 7.94. The summed E-state index contributed by atoms with van der Waals surface area (Å²) in [6.07, 6.45) is 7.40. The van der Waals surface area contributed by atoms with E-state index in [0.717, 1.165) is 0 Å². The summed E-state index contributed by atoms with van der Waals surface area (Å²) in [4.78, 5) is 4.07. The van der Waals surface area contributed by atoms with Crippen LogP contribution in [0.2, 0.25) is 0 Å². The second kappa shape index (κ2) is 5.30. The molecule has 0 fully saturated rings. The third-order valence-electron chi connectivity index (χ3n) is 1.75. The van der Waals surface area contributed by atoms with Gasteiger partial charge >= 0.3 is 0 Å². The summed E-state index contributed by atoms with van der Waals surface area (Å²) in [7, 11) is 0.397. The van der Waals surface area contributed by atoms with E-state index >= 15 is 0 Å². The van der Waals surface area contributed by atoms with Gasteiger partial charge in [-0.05, 0) is 23.3 Å². The van der Waals surface area contributed by atoms with Crippen molar-refractivity contribution in [3.05, 3.63) is 17.1 Å². The molecule has 1 nitrogen and oxygen atoms in total. The molecule has 11 heavy (non-hydrogen) atoms. The summed E-state index contributed by atoms with van der Waals surface area (Å²) >= 11 is 0. The minimum atomic E-state index is 0.397. The second-order valence-electron chi connectivity index (χ2n) is 2.77. The van der Waals surface area contributed by atoms with E-state index in [1.165, 1.54) is 31.4 Å². The molecule has 1 rings (SSSR count). The normalized spacial score (nSPS) is 11.9. The maximum Gasteiger partial charge on any atom is 0.229 e. The first-order valence-electron chi connectivity index (χ1n) is 4.32. The van der Waals surface area contributed by atoms with Crippen LogP contribution >= 0.6 is 10.5 Å². The Morgan fingerprint density at radius 3 is 2.82 bits per heavy atom. The van der Waals surface area contributed by atoms with E-state index in [1.54, 1.807) is 0 Å². The van der Waals surface area contributed by atoms with Crippen molar-refractivity contribution in [1.82, 2.24) is 4.98 Å². The van der Waals surface area contributed by atoms with Crippen LogP contribution in [0.25, 0.3) is 0 Å². The van der Waals surface area contributed by atoms with Crippen molar-refractivity contribution in [2.24, 2.45) is 0 Å². The molecular weight excluding hydrogens is 154 g/mol. The predicted octanol–water partition coefficient (Wildman–Crippen LogP) is 3.41. The highest BCUT2D eigenvalue weighted by atomic mass is 32.2. The van der Waals surface area contributed by atoms with Crippen LogP contribution in [-0.4, -0.2) is 4.98 Å². The highest BCUT2D eigenvalue weighted by Crippen LogP contribution is 2.18. The molecule has 1 heterocycles. The molecule has 1 aromatic heterocycles. The highest BCUT2D eigenvalue weighted by Gasteiger charge is 2.00. The number of thiazole rings is 1. The molecule has 1 aromatic rings. The number of aromatic nitrogens is 1. The van der Waals surface area contributed by atoms with E-state index in [2.05, 4.69) is 22.8 Å². The van der Waals surface area contributed by atoms with Crippen molar-refractivity contribution in [2.75, 3.05) is 0 Å². The van der Waals surface area contributed by atoms with E-state index in [9.17, 15) is 0 Å². The SMILES string of the molecule is CCCCCC[s+]1ccnc1. The minimum absolute atomic E-state index is 0.397. The Hall–Kier alpha value is -0.370. The molecule has 0 saturated heterocycles. The van der Waals surface area contributed by atoms with Gasteiger partial charge in [-0.25, -0.2) is 4.98 Å². The fourth-order valence-corrected chi connectivity index (χ4v) is 2.38. The van der Waals surface area contributed by atoms with Crippen LogP contribution in [-0.2, 0) is 5.75 Å². The van der Waals surface area contributed by atoms with E-state index in [1.807, 2.05) is 6.20 Å².